The van der Waals surface area contributed by atoms with Crippen LogP contribution in [0, 0.1) is 0 Å². The molecule has 0 radical (unpaired) electrons. The maximum absolute atomic E-state index is 11.7. The molecule has 0 aromatic carbocycles. The van der Waals surface area contributed by atoms with Crippen LogP contribution < -0.4 is 0 Å². The zero-order valence-corrected chi connectivity index (χ0v) is 10.5. The number of ether oxygens (including phenoxy) is 1. The Balaban J connectivity index is 2.57. The number of rotatable bonds is 4. The molecule has 8 heteroatoms. The second kappa shape index (κ2) is 5.48. The summed E-state index contributed by atoms with van der Waals surface area (Å²) in [7, 11) is 4.08. The average molecular weight is 257 g/mol. The topological polar surface area (TPSA) is 87.2 Å². The normalized spacial score (nSPS) is 15.1. The zero-order chi connectivity index (χ0) is 13.9. The third-order valence-corrected chi connectivity index (χ3v) is 2.54. The van der Waals surface area contributed by atoms with Gasteiger partial charge in [-0.05, 0) is 0 Å². The van der Waals surface area contributed by atoms with Crippen molar-refractivity contribution >= 4 is 23.8 Å². The fraction of sp³-hybridized carbons (Fsp3) is 0.600. The first-order valence-electron chi connectivity index (χ1n) is 5.23. The summed E-state index contributed by atoms with van der Waals surface area (Å²) in [5, 5.41) is 0. The highest BCUT2D eigenvalue weighted by molar-refractivity contribution is 6.04. The van der Waals surface area contributed by atoms with Crippen molar-refractivity contribution in [3.8, 4) is 0 Å². The molecule has 0 aliphatic carbocycles. The highest BCUT2D eigenvalue weighted by Crippen LogP contribution is 2.07. The number of methoxy groups -OCH3 is 1. The second-order valence-corrected chi connectivity index (χ2v) is 3.94. The molecule has 18 heavy (non-hydrogen) atoms. The van der Waals surface area contributed by atoms with E-state index >= 15 is 0 Å². The van der Waals surface area contributed by atoms with Gasteiger partial charge in [-0.1, -0.05) is 0 Å². The van der Waals surface area contributed by atoms with Crippen LogP contribution in [0.1, 0.15) is 0 Å². The van der Waals surface area contributed by atoms with Gasteiger partial charge in [0.15, 0.2) is 0 Å². The van der Waals surface area contributed by atoms with Crippen molar-refractivity contribution < 1.29 is 23.9 Å². The summed E-state index contributed by atoms with van der Waals surface area (Å²) in [4.78, 5) is 48.8. The lowest BCUT2D eigenvalue weighted by atomic mass is 10.4. The largest absolute Gasteiger partial charge is 0.468 e. The molecule has 100 valence electrons. The van der Waals surface area contributed by atoms with Gasteiger partial charge in [-0.2, -0.15) is 0 Å². The molecule has 0 atom stereocenters. The number of nitrogens with zero attached hydrogens (tertiary/aromatic N) is 3. The van der Waals surface area contributed by atoms with Crippen LogP contribution in [0.15, 0.2) is 0 Å². The van der Waals surface area contributed by atoms with E-state index in [1.54, 1.807) is 0 Å². The van der Waals surface area contributed by atoms with Gasteiger partial charge in [0, 0.05) is 14.1 Å². The first-order valence-corrected chi connectivity index (χ1v) is 5.23. The lowest BCUT2D eigenvalue weighted by Crippen LogP contribution is -2.43. The van der Waals surface area contributed by atoms with E-state index in [4.69, 9.17) is 0 Å². The molecule has 0 aromatic rings. The predicted molar refractivity (Wildman–Crippen MR) is 59.4 cm³/mol. The Labute approximate surface area is 104 Å². The summed E-state index contributed by atoms with van der Waals surface area (Å²) >= 11 is 0. The predicted octanol–water partition coefficient (Wildman–Crippen LogP) is -1.49. The zero-order valence-electron chi connectivity index (χ0n) is 10.5. The number of hydrogen-bond donors (Lipinski definition) is 0. The molecule has 0 aromatic heterocycles. The lowest BCUT2D eigenvalue weighted by molar-refractivity contribution is -0.146. The Morgan fingerprint density at radius 3 is 2.44 bits per heavy atom. The van der Waals surface area contributed by atoms with Crippen molar-refractivity contribution in [2.45, 2.75) is 0 Å². The molecule has 0 N–H and O–H groups in total. The minimum absolute atomic E-state index is 0.0349. The van der Waals surface area contributed by atoms with E-state index in [0.29, 0.717) is 0 Å². The Bertz CT molecular complexity index is 395. The molecule has 8 nitrogen and oxygen atoms in total. The third kappa shape index (κ3) is 2.96. The van der Waals surface area contributed by atoms with Crippen LogP contribution in [-0.2, 0) is 19.1 Å². The molecule has 1 aliphatic heterocycles. The van der Waals surface area contributed by atoms with E-state index in [2.05, 4.69) is 4.74 Å². The van der Waals surface area contributed by atoms with Crippen molar-refractivity contribution in [1.82, 2.24) is 14.7 Å². The molecular weight excluding hydrogens is 242 g/mol. The summed E-state index contributed by atoms with van der Waals surface area (Å²) in [6.07, 6.45) is 0. The van der Waals surface area contributed by atoms with E-state index in [0.717, 1.165) is 9.80 Å². The van der Waals surface area contributed by atoms with Gasteiger partial charge in [0.1, 0.15) is 19.6 Å². The van der Waals surface area contributed by atoms with Gasteiger partial charge in [0.2, 0.25) is 5.91 Å². The number of hydrogen-bond acceptors (Lipinski definition) is 5. The number of esters is 1. The van der Waals surface area contributed by atoms with Crippen LogP contribution in [0.25, 0.3) is 0 Å². The van der Waals surface area contributed by atoms with Crippen molar-refractivity contribution in [1.29, 1.82) is 0 Å². The summed E-state index contributed by atoms with van der Waals surface area (Å²) in [6, 6.07) is -0.514. The molecular formula is C10H15N3O5. The lowest BCUT2D eigenvalue weighted by Gasteiger charge is -2.19. The molecule has 1 rings (SSSR count). The van der Waals surface area contributed by atoms with Crippen molar-refractivity contribution in [2.24, 2.45) is 0 Å². The molecule has 0 saturated carbocycles. The molecule has 0 bridgehead atoms. The molecule has 1 saturated heterocycles. The molecule has 0 spiro atoms. The number of carbonyl (C=O) groups is 4. The minimum Gasteiger partial charge on any atom is -0.468 e. The van der Waals surface area contributed by atoms with Crippen LogP contribution in [0.5, 0.6) is 0 Å². The summed E-state index contributed by atoms with van der Waals surface area (Å²) in [6.45, 7) is -0.621. The van der Waals surface area contributed by atoms with Crippen LogP contribution >= 0.6 is 0 Å². The maximum Gasteiger partial charge on any atom is 0.327 e. The highest BCUT2D eigenvalue weighted by Gasteiger charge is 2.35. The van der Waals surface area contributed by atoms with Crippen LogP contribution in [0.4, 0.5) is 4.79 Å². The van der Waals surface area contributed by atoms with Gasteiger partial charge >= 0.3 is 12.0 Å². The summed E-state index contributed by atoms with van der Waals surface area (Å²) in [5.74, 6) is -1.50. The summed E-state index contributed by atoms with van der Waals surface area (Å²) in [5.41, 5.74) is 0. The van der Waals surface area contributed by atoms with Crippen molar-refractivity contribution in [2.75, 3.05) is 40.8 Å². The van der Waals surface area contributed by atoms with E-state index < -0.39 is 23.8 Å². The number of likely N-dealkylation sites (N-methyl/N-ethyl adjacent to an activating group) is 2. The second-order valence-electron chi connectivity index (χ2n) is 3.94. The fourth-order valence-electron chi connectivity index (χ4n) is 1.43. The maximum atomic E-state index is 11.7. The first kappa shape index (κ1) is 13.9. The Kier molecular flexibility index (Phi) is 4.24. The van der Waals surface area contributed by atoms with Gasteiger partial charge in [0.05, 0.1) is 7.11 Å². The number of urea groups is 1. The molecule has 1 heterocycles. The molecule has 1 aliphatic rings. The fourth-order valence-corrected chi connectivity index (χ4v) is 1.43. The minimum atomic E-state index is -0.568. The van der Waals surface area contributed by atoms with Gasteiger partial charge < -0.3 is 14.5 Å². The molecule has 1 fully saturated rings. The van der Waals surface area contributed by atoms with E-state index in [-0.39, 0.29) is 19.6 Å². The number of amides is 4. The Morgan fingerprint density at radius 2 is 2.00 bits per heavy atom. The van der Waals surface area contributed by atoms with Gasteiger partial charge in [-0.25, -0.2) is 4.79 Å². The molecule has 0 unspecified atom stereocenters. The number of carbonyl (C=O) groups excluding carboxylic acids is 4. The first-order chi connectivity index (χ1) is 8.36. The van der Waals surface area contributed by atoms with Crippen molar-refractivity contribution in [3.05, 3.63) is 0 Å². The van der Waals surface area contributed by atoms with E-state index in [1.165, 1.54) is 26.1 Å². The van der Waals surface area contributed by atoms with Crippen LogP contribution in [0.3, 0.4) is 0 Å². The van der Waals surface area contributed by atoms with E-state index in [9.17, 15) is 19.2 Å². The highest BCUT2D eigenvalue weighted by atomic mass is 16.5. The van der Waals surface area contributed by atoms with Crippen LogP contribution in [0.2, 0.25) is 0 Å². The smallest absolute Gasteiger partial charge is 0.327 e. The summed E-state index contributed by atoms with van der Waals surface area (Å²) < 4.78 is 4.41. The Hall–Kier alpha value is -2.12. The van der Waals surface area contributed by atoms with Gasteiger partial charge in [0.25, 0.3) is 5.91 Å². The average Bonchev–Trinajstić information content (AvgIpc) is 2.55. The molecule has 4 amide bonds. The van der Waals surface area contributed by atoms with Crippen LogP contribution in [-0.4, -0.2) is 79.4 Å². The SMILES string of the molecule is COC(=O)CN(C)C(=O)CN1C(=O)CN(C)C1=O. The monoisotopic (exact) mass is 257 g/mol. The number of imide groups is 1. The standard InChI is InChI=1S/C10H15N3O5/c1-11(6-9(16)18-3)7(14)5-13-8(15)4-12(2)10(13)17/h4-6H2,1-3H3. The third-order valence-electron chi connectivity index (χ3n) is 2.54. The van der Waals surface area contributed by atoms with Gasteiger partial charge in [-0.15, -0.1) is 0 Å². The van der Waals surface area contributed by atoms with Crippen molar-refractivity contribution in [3.63, 3.8) is 0 Å². The Morgan fingerprint density at radius 1 is 1.39 bits per heavy atom. The van der Waals surface area contributed by atoms with Gasteiger partial charge in [-0.3, -0.25) is 19.3 Å². The van der Waals surface area contributed by atoms with E-state index in [1.807, 2.05) is 0 Å². The quantitative estimate of drug-likeness (QED) is 0.452.